The third-order valence-corrected chi connectivity index (χ3v) is 49.8. The van der Waals surface area contributed by atoms with Crippen LogP contribution in [0.5, 0.6) is 0 Å². The van der Waals surface area contributed by atoms with Crippen molar-refractivity contribution in [2.24, 2.45) is 0 Å². The summed E-state index contributed by atoms with van der Waals surface area (Å²) in [5, 5.41) is 7.82. The van der Waals surface area contributed by atoms with Gasteiger partial charge in [0.15, 0.2) is 0 Å². The molecule has 0 saturated carbocycles. The van der Waals surface area contributed by atoms with E-state index < -0.39 is 20.1 Å². The zero-order valence-corrected chi connectivity index (χ0v) is 13.0. The van der Waals surface area contributed by atoms with Gasteiger partial charge in [0.2, 0.25) is 0 Å². The van der Waals surface area contributed by atoms with Crippen LogP contribution in [0.1, 0.15) is 6.42 Å². The molecule has 2 heteroatoms. The van der Waals surface area contributed by atoms with Gasteiger partial charge in [-0.05, 0) is 0 Å². The molecule has 0 spiro atoms. The maximum absolute atomic E-state index is 2.61. The minimum absolute atomic E-state index is 0.996. The predicted octanol–water partition coefficient (Wildman–Crippen LogP) is 4.50. The van der Waals surface area contributed by atoms with Crippen molar-refractivity contribution in [2.45, 2.75) is 42.0 Å². The Morgan fingerprint density at radius 3 is 2.00 bits per heavy atom. The summed E-state index contributed by atoms with van der Waals surface area (Å²) in [5.41, 5.74) is 0. The SMILES string of the molecule is C[Si](C)(C)[Pt]([CH3])([CH3])([CH3])[C]1=CC=CC1. The zero-order chi connectivity index (χ0) is 10.4. The molecule has 0 aliphatic heterocycles. The Morgan fingerprint density at radius 1 is 1.15 bits per heavy atom. The second-order valence-corrected chi connectivity index (χ2v) is 44.1. The van der Waals surface area contributed by atoms with Crippen LogP contribution in [0, 0.1) is 0 Å². The summed E-state index contributed by atoms with van der Waals surface area (Å²) < 4.78 is 1.80. The van der Waals surface area contributed by atoms with Crippen molar-refractivity contribution in [2.75, 3.05) is 0 Å². The standard InChI is InChI=1S/C5H5.C3H9Si.3CH3.Pt/c1-2-4-5-3-1;1-4(2)3;;;;/h1-3H,4H2;1-3H3;3*1H3;. The van der Waals surface area contributed by atoms with Gasteiger partial charge in [0.25, 0.3) is 0 Å². The van der Waals surface area contributed by atoms with Crippen LogP contribution < -0.4 is 0 Å². The van der Waals surface area contributed by atoms with Gasteiger partial charge in [-0.2, -0.15) is 0 Å². The maximum atomic E-state index is 2.61. The van der Waals surface area contributed by atoms with Gasteiger partial charge in [-0.1, -0.05) is 0 Å². The van der Waals surface area contributed by atoms with Gasteiger partial charge >= 0.3 is 84.3 Å². The van der Waals surface area contributed by atoms with E-state index in [9.17, 15) is 0 Å². The van der Waals surface area contributed by atoms with Gasteiger partial charge < -0.3 is 0 Å². The van der Waals surface area contributed by atoms with Gasteiger partial charge in [0, 0.05) is 0 Å². The predicted molar refractivity (Wildman–Crippen MR) is 62.8 cm³/mol. The molecule has 0 atom stereocenters. The fourth-order valence-corrected chi connectivity index (χ4v) is 12.7. The Bertz CT molecular complexity index is 271. The Hall–Kier alpha value is 0.385. The summed E-state index contributed by atoms with van der Waals surface area (Å²) in [6, 6.07) is -0.996. The van der Waals surface area contributed by atoms with Crippen molar-refractivity contribution in [1.29, 1.82) is 0 Å². The molecule has 0 saturated heterocycles. The van der Waals surface area contributed by atoms with Crippen LogP contribution in [0.25, 0.3) is 0 Å². The second-order valence-electron chi connectivity index (χ2n) is 5.16. The van der Waals surface area contributed by atoms with Crippen LogP contribution in [0.4, 0.5) is 0 Å². The zero-order valence-electron chi connectivity index (χ0n) is 9.76. The van der Waals surface area contributed by atoms with Crippen molar-refractivity contribution >= 4 is 6.05 Å². The third-order valence-electron chi connectivity index (χ3n) is 3.07. The van der Waals surface area contributed by atoms with Gasteiger partial charge in [-0.15, -0.1) is 0 Å². The average Bonchev–Trinajstić information content (AvgIpc) is 2.32. The Labute approximate surface area is 84.2 Å². The van der Waals surface area contributed by atoms with Crippen molar-refractivity contribution in [3.63, 3.8) is 0 Å². The summed E-state index contributed by atoms with van der Waals surface area (Å²) in [6.07, 6.45) is 8.19. The molecule has 13 heavy (non-hydrogen) atoms. The van der Waals surface area contributed by atoms with E-state index in [1.54, 1.807) is 3.96 Å². The molecule has 0 nitrogen and oxygen atoms in total. The normalized spacial score (nSPS) is 21.1. The number of rotatable bonds is 2. The van der Waals surface area contributed by atoms with Crippen LogP contribution >= 0.6 is 0 Å². The van der Waals surface area contributed by atoms with E-state index in [-0.39, 0.29) is 0 Å². The number of hydrogen-bond acceptors (Lipinski definition) is 0. The topological polar surface area (TPSA) is 0 Å². The van der Waals surface area contributed by atoms with E-state index in [1.165, 1.54) is 6.42 Å². The molecule has 1 aliphatic rings. The van der Waals surface area contributed by atoms with Crippen molar-refractivity contribution in [3.05, 3.63) is 22.2 Å². The Morgan fingerprint density at radius 2 is 1.69 bits per heavy atom. The van der Waals surface area contributed by atoms with Crippen LogP contribution in [0.3, 0.4) is 0 Å². The van der Waals surface area contributed by atoms with E-state index >= 15 is 0 Å². The molecule has 1 rings (SSSR count). The van der Waals surface area contributed by atoms with Gasteiger partial charge in [-0.3, -0.25) is 0 Å². The number of hydrogen-bond donors (Lipinski definition) is 0. The third kappa shape index (κ3) is 1.78. The molecule has 81 valence electrons. The summed E-state index contributed by atoms with van der Waals surface area (Å²) in [5.74, 6) is 0. The van der Waals surface area contributed by atoms with Crippen LogP contribution in [-0.4, -0.2) is 6.05 Å². The van der Waals surface area contributed by atoms with Crippen LogP contribution in [-0.2, 0) is 14.1 Å². The summed E-state index contributed by atoms with van der Waals surface area (Å²) in [4.78, 5) is 0. The fraction of sp³-hybridized carbons (Fsp3) is 0.636. The van der Waals surface area contributed by atoms with Crippen molar-refractivity contribution in [3.8, 4) is 0 Å². The molecule has 0 fully saturated rings. The van der Waals surface area contributed by atoms with E-state index in [0.717, 1.165) is 0 Å². The molecular weight excluding hydrogens is 355 g/mol. The molecule has 0 N–H and O–H groups in total. The first-order valence-corrected chi connectivity index (χ1v) is 19.2. The molecule has 0 bridgehead atoms. The summed E-state index contributed by atoms with van der Waals surface area (Å²) >= 11 is -2.16. The Balaban J connectivity index is 3.11. The molecule has 0 aromatic heterocycles. The molecular formula is C11H23PtSi. The molecule has 0 aromatic rings. The first kappa shape index (κ1) is 11.5. The molecule has 0 unspecified atom stereocenters. The van der Waals surface area contributed by atoms with Gasteiger partial charge in [-0.25, -0.2) is 0 Å². The summed E-state index contributed by atoms with van der Waals surface area (Å²) in [7, 11) is 0. The molecule has 0 amide bonds. The minimum atomic E-state index is -2.16. The fourth-order valence-electron chi connectivity index (χ4n) is 1.12. The van der Waals surface area contributed by atoms with E-state index in [0.29, 0.717) is 0 Å². The van der Waals surface area contributed by atoms with Crippen LogP contribution in [0.15, 0.2) is 22.2 Å². The van der Waals surface area contributed by atoms with E-state index in [1.807, 2.05) is 0 Å². The quantitative estimate of drug-likeness (QED) is 0.621. The molecule has 0 heterocycles. The van der Waals surface area contributed by atoms with Crippen molar-refractivity contribution < 1.29 is 14.1 Å². The Kier molecular flexibility index (Phi) is 2.59. The second kappa shape index (κ2) is 2.94. The first-order valence-electron chi connectivity index (χ1n) is 4.48. The first-order chi connectivity index (χ1) is 5.64. The summed E-state index contributed by atoms with van der Waals surface area (Å²) in [6.45, 7) is 7.63. The van der Waals surface area contributed by atoms with Crippen LogP contribution in [0.2, 0.25) is 35.6 Å². The number of allylic oxidation sites excluding steroid dienone is 4. The average molecular weight is 378 g/mol. The molecule has 0 aromatic carbocycles. The monoisotopic (exact) mass is 378 g/mol. The molecule has 0 radical (unpaired) electrons. The van der Waals surface area contributed by atoms with E-state index in [4.69, 9.17) is 0 Å². The van der Waals surface area contributed by atoms with Gasteiger partial charge in [0.1, 0.15) is 0 Å². The van der Waals surface area contributed by atoms with Gasteiger partial charge in [0.05, 0.1) is 0 Å². The molecule has 1 aliphatic carbocycles. The van der Waals surface area contributed by atoms with Crippen molar-refractivity contribution in [1.82, 2.24) is 0 Å². The van der Waals surface area contributed by atoms with E-state index in [2.05, 4.69) is 53.8 Å².